The van der Waals surface area contributed by atoms with E-state index in [1.807, 2.05) is 37.3 Å². The van der Waals surface area contributed by atoms with E-state index in [0.29, 0.717) is 23.4 Å². The Bertz CT molecular complexity index is 961. The third-order valence-corrected chi connectivity index (χ3v) is 4.31. The molecule has 0 aliphatic heterocycles. The number of aromatic nitrogens is 1. The third-order valence-electron chi connectivity index (χ3n) is 4.31. The molecule has 2 aromatic carbocycles. The quantitative estimate of drug-likeness (QED) is 0.739. The van der Waals surface area contributed by atoms with Crippen LogP contribution in [0.15, 0.2) is 59.4 Å². The van der Waals surface area contributed by atoms with Crippen LogP contribution in [0.5, 0.6) is 5.75 Å². The van der Waals surface area contributed by atoms with Gasteiger partial charge in [-0.15, -0.1) is 0 Å². The molecule has 134 valence electrons. The maximum Gasteiger partial charge on any atom is 0.254 e. The SMILES string of the molecule is CCCN(Cc1cc2ccccc2[nH]c1=O)C(=O)c1ccc(OC)cc1. The fourth-order valence-corrected chi connectivity index (χ4v) is 2.95. The second-order valence-electron chi connectivity index (χ2n) is 6.17. The zero-order chi connectivity index (χ0) is 18.5. The van der Waals surface area contributed by atoms with Crippen molar-refractivity contribution in [1.29, 1.82) is 0 Å². The summed E-state index contributed by atoms with van der Waals surface area (Å²) in [6, 6.07) is 16.5. The van der Waals surface area contributed by atoms with E-state index in [9.17, 15) is 9.59 Å². The molecule has 0 fully saturated rings. The summed E-state index contributed by atoms with van der Waals surface area (Å²) in [5.41, 5.74) is 1.80. The number of carbonyl (C=O) groups excluding carboxylic acids is 1. The van der Waals surface area contributed by atoms with Crippen LogP contribution in [0.3, 0.4) is 0 Å². The number of pyridine rings is 1. The standard InChI is InChI=1S/C21H22N2O3/c1-3-12-23(21(25)15-8-10-18(26-2)11-9-15)14-17-13-16-6-4-5-7-19(16)22-20(17)24/h4-11,13H,3,12,14H2,1-2H3,(H,22,24). The molecule has 0 spiro atoms. The fourth-order valence-electron chi connectivity index (χ4n) is 2.95. The Kier molecular flexibility index (Phi) is 5.37. The normalized spacial score (nSPS) is 10.7. The molecule has 0 bridgehead atoms. The van der Waals surface area contributed by atoms with E-state index in [-0.39, 0.29) is 18.0 Å². The highest BCUT2D eigenvalue weighted by atomic mass is 16.5. The average Bonchev–Trinajstić information content (AvgIpc) is 2.67. The average molecular weight is 350 g/mol. The van der Waals surface area contributed by atoms with E-state index in [4.69, 9.17) is 4.74 Å². The predicted octanol–water partition coefficient (Wildman–Crippen LogP) is 3.59. The number of methoxy groups -OCH3 is 1. The number of hydrogen-bond donors (Lipinski definition) is 1. The van der Waals surface area contributed by atoms with E-state index in [1.165, 1.54) is 0 Å². The maximum atomic E-state index is 12.9. The molecule has 5 heteroatoms. The highest BCUT2D eigenvalue weighted by Crippen LogP contribution is 2.16. The lowest BCUT2D eigenvalue weighted by atomic mass is 10.1. The summed E-state index contributed by atoms with van der Waals surface area (Å²) in [6.45, 7) is 2.87. The minimum Gasteiger partial charge on any atom is -0.497 e. The molecule has 0 aliphatic carbocycles. The topological polar surface area (TPSA) is 62.4 Å². The van der Waals surface area contributed by atoms with Gasteiger partial charge in [-0.3, -0.25) is 9.59 Å². The Labute approximate surface area is 152 Å². The summed E-state index contributed by atoms with van der Waals surface area (Å²) >= 11 is 0. The first-order valence-electron chi connectivity index (χ1n) is 8.66. The van der Waals surface area contributed by atoms with Crippen molar-refractivity contribution in [2.24, 2.45) is 0 Å². The lowest BCUT2D eigenvalue weighted by Crippen LogP contribution is -2.33. The molecule has 0 radical (unpaired) electrons. The number of fused-ring (bicyclic) bond motifs is 1. The Hall–Kier alpha value is -3.08. The lowest BCUT2D eigenvalue weighted by molar-refractivity contribution is 0.0742. The number of carbonyl (C=O) groups is 1. The van der Waals surface area contributed by atoms with Crippen molar-refractivity contribution >= 4 is 16.8 Å². The number of H-pyrrole nitrogens is 1. The number of nitrogens with zero attached hydrogens (tertiary/aromatic N) is 1. The van der Waals surface area contributed by atoms with Crippen LogP contribution in [0.25, 0.3) is 10.9 Å². The summed E-state index contributed by atoms with van der Waals surface area (Å²) < 4.78 is 5.14. The van der Waals surface area contributed by atoms with Gasteiger partial charge in [-0.2, -0.15) is 0 Å². The first-order chi connectivity index (χ1) is 12.6. The lowest BCUT2D eigenvalue weighted by Gasteiger charge is -2.22. The Morgan fingerprint density at radius 1 is 1.12 bits per heavy atom. The van der Waals surface area contributed by atoms with Crippen molar-refractivity contribution in [3.63, 3.8) is 0 Å². The van der Waals surface area contributed by atoms with Crippen molar-refractivity contribution < 1.29 is 9.53 Å². The van der Waals surface area contributed by atoms with Gasteiger partial charge >= 0.3 is 0 Å². The first-order valence-corrected chi connectivity index (χ1v) is 8.66. The van der Waals surface area contributed by atoms with Crippen molar-refractivity contribution in [3.8, 4) is 5.75 Å². The van der Waals surface area contributed by atoms with E-state index >= 15 is 0 Å². The summed E-state index contributed by atoms with van der Waals surface area (Å²) in [5.74, 6) is 0.608. The molecule has 5 nitrogen and oxygen atoms in total. The molecule has 1 amide bonds. The number of rotatable bonds is 6. The Morgan fingerprint density at radius 2 is 1.85 bits per heavy atom. The van der Waals surface area contributed by atoms with Crippen molar-refractivity contribution in [2.75, 3.05) is 13.7 Å². The molecular weight excluding hydrogens is 328 g/mol. The van der Waals surface area contributed by atoms with E-state index in [0.717, 1.165) is 17.3 Å². The van der Waals surface area contributed by atoms with Crippen LogP contribution in [0, 0.1) is 0 Å². The minimum absolute atomic E-state index is 0.0953. The van der Waals surface area contributed by atoms with Crippen LogP contribution in [0.2, 0.25) is 0 Å². The van der Waals surface area contributed by atoms with Gasteiger partial charge in [-0.1, -0.05) is 25.1 Å². The predicted molar refractivity (Wildman–Crippen MR) is 103 cm³/mol. The van der Waals surface area contributed by atoms with Gasteiger partial charge in [0.25, 0.3) is 11.5 Å². The van der Waals surface area contributed by atoms with Crippen LogP contribution in [-0.2, 0) is 6.54 Å². The molecule has 0 saturated heterocycles. The van der Waals surface area contributed by atoms with Crippen molar-refractivity contribution in [1.82, 2.24) is 9.88 Å². The molecule has 0 aliphatic rings. The zero-order valence-corrected chi connectivity index (χ0v) is 15.0. The second-order valence-corrected chi connectivity index (χ2v) is 6.17. The third kappa shape index (κ3) is 3.77. The molecule has 1 N–H and O–H groups in total. The van der Waals surface area contributed by atoms with E-state index < -0.39 is 0 Å². The molecule has 1 heterocycles. The maximum absolute atomic E-state index is 12.9. The Balaban J connectivity index is 1.89. The molecule has 26 heavy (non-hydrogen) atoms. The van der Waals surface area contributed by atoms with Gasteiger partial charge < -0.3 is 14.6 Å². The highest BCUT2D eigenvalue weighted by molar-refractivity contribution is 5.94. The number of ether oxygens (including phenoxy) is 1. The fraction of sp³-hybridized carbons (Fsp3) is 0.238. The van der Waals surface area contributed by atoms with Gasteiger partial charge in [0.15, 0.2) is 0 Å². The van der Waals surface area contributed by atoms with Gasteiger partial charge in [-0.05, 0) is 48.2 Å². The van der Waals surface area contributed by atoms with Crippen LogP contribution < -0.4 is 10.3 Å². The van der Waals surface area contributed by atoms with Crippen LogP contribution in [0.4, 0.5) is 0 Å². The Morgan fingerprint density at radius 3 is 2.54 bits per heavy atom. The van der Waals surface area contributed by atoms with E-state index in [2.05, 4.69) is 4.98 Å². The number of amides is 1. The number of benzene rings is 2. The largest absolute Gasteiger partial charge is 0.497 e. The summed E-state index contributed by atoms with van der Waals surface area (Å²) in [6.07, 6.45) is 0.813. The van der Waals surface area contributed by atoms with Gasteiger partial charge in [0.05, 0.1) is 13.7 Å². The summed E-state index contributed by atoms with van der Waals surface area (Å²) in [7, 11) is 1.59. The molecular formula is C21H22N2O3. The van der Waals surface area contributed by atoms with Crippen molar-refractivity contribution in [3.05, 3.63) is 76.1 Å². The smallest absolute Gasteiger partial charge is 0.254 e. The minimum atomic E-state index is -0.160. The number of nitrogens with one attached hydrogen (secondary N) is 1. The van der Waals surface area contributed by atoms with Crippen LogP contribution >= 0.6 is 0 Å². The monoisotopic (exact) mass is 350 g/mol. The first kappa shape index (κ1) is 17.7. The molecule has 1 aromatic heterocycles. The van der Waals surface area contributed by atoms with Gasteiger partial charge in [0, 0.05) is 23.2 Å². The molecule has 3 aromatic rings. The van der Waals surface area contributed by atoms with E-state index in [1.54, 1.807) is 36.3 Å². The summed E-state index contributed by atoms with van der Waals surface area (Å²) in [4.78, 5) is 29.9. The number of hydrogen-bond acceptors (Lipinski definition) is 3. The molecule has 0 atom stereocenters. The molecule has 0 saturated carbocycles. The molecule has 0 unspecified atom stereocenters. The molecule has 3 rings (SSSR count). The summed E-state index contributed by atoms with van der Waals surface area (Å²) in [5, 5.41) is 0.954. The van der Waals surface area contributed by atoms with Gasteiger partial charge in [0.1, 0.15) is 5.75 Å². The highest BCUT2D eigenvalue weighted by Gasteiger charge is 2.17. The number of aromatic amines is 1. The van der Waals surface area contributed by atoms with Crippen LogP contribution in [-0.4, -0.2) is 29.4 Å². The second kappa shape index (κ2) is 7.87. The zero-order valence-electron chi connectivity index (χ0n) is 15.0. The van der Waals surface area contributed by atoms with Gasteiger partial charge in [-0.25, -0.2) is 0 Å². The van der Waals surface area contributed by atoms with Crippen molar-refractivity contribution in [2.45, 2.75) is 19.9 Å². The van der Waals surface area contributed by atoms with Crippen LogP contribution in [0.1, 0.15) is 29.3 Å². The van der Waals surface area contributed by atoms with Gasteiger partial charge in [0.2, 0.25) is 0 Å². The number of para-hydroxylation sites is 1.